The van der Waals surface area contributed by atoms with Crippen molar-refractivity contribution in [3.8, 4) is 23.3 Å². The average molecular weight is 386 g/mol. The third kappa shape index (κ3) is 5.09. The molecule has 0 aliphatic rings. The van der Waals surface area contributed by atoms with E-state index >= 15 is 0 Å². The highest BCUT2D eigenvalue weighted by Crippen LogP contribution is 2.22. The zero-order valence-corrected chi connectivity index (χ0v) is 15.0. The van der Waals surface area contributed by atoms with E-state index in [1.807, 2.05) is 0 Å². The summed E-state index contributed by atoms with van der Waals surface area (Å²) in [5.74, 6) is 6.07. The van der Waals surface area contributed by atoms with E-state index in [1.165, 1.54) is 11.8 Å². The molecule has 26 heavy (non-hydrogen) atoms. The normalized spacial score (nSPS) is 10.0. The zero-order valence-electron chi connectivity index (χ0n) is 13.4. The SMILES string of the molecule is O=C(OCC#CCSc1nnc(-c2ccncc2)o1)c1ccc(Cl)cc1. The number of aromatic nitrogens is 3. The van der Waals surface area contributed by atoms with E-state index in [-0.39, 0.29) is 6.61 Å². The molecule has 0 saturated carbocycles. The van der Waals surface area contributed by atoms with Crippen LogP contribution in [0.1, 0.15) is 10.4 Å². The molecular formula is C18H12ClN3O3S. The first kappa shape index (κ1) is 18.0. The molecule has 0 spiro atoms. The molecule has 2 heterocycles. The smallest absolute Gasteiger partial charge is 0.339 e. The van der Waals surface area contributed by atoms with E-state index in [0.29, 0.717) is 27.5 Å². The van der Waals surface area contributed by atoms with Crippen LogP contribution in [0.15, 0.2) is 58.4 Å². The minimum Gasteiger partial charge on any atom is -0.449 e. The van der Waals surface area contributed by atoms with Crippen LogP contribution in [0.3, 0.4) is 0 Å². The second kappa shape index (κ2) is 9.04. The summed E-state index contributed by atoms with van der Waals surface area (Å²) in [6, 6.07) is 10.0. The molecule has 0 N–H and O–H groups in total. The third-order valence-electron chi connectivity index (χ3n) is 3.08. The van der Waals surface area contributed by atoms with Crippen molar-refractivity contribution in [1.82, 2.24) is 15.2 Å². The van der Waals surface area contributed by atoms with Gasteiger partial charge < -0.3 is 9.15 Å². The molecule has 2 aromatic heterocycles. The van der Waals surface area contributed by atoms with Gasteiger partial charge in [0.25, 0.3) is 5.22 Å². The van der Waals surface area contributed by atoms with Gasteiger partial charge in [-0.1, -0.05) is 35.2 Å². The fourth-order valence-electron chi connectivity index (χ4n) is 1.85. The first-order valence-electron chi connectivity index (χ1n) is 7.47. The molecule has 0 radical (unpaired) electrons. The summed E-state index contributed by atoms with van der Waals surface area (Å²) in [5, 5.41) is 8.90. The van der Waals surface area contributed by atoms with Crippen LogP contribution in [0.25, 0.3) is 11.5 Å². The highest BCUT2D eigenvalue weighted by Gasteiger charge is 2.08. The number of carbonyl (C=O) groups is 1. The van der Waals surface area contributed by atoms with Gasteiger partial charge >= 0.3 is 5.97 Å². The van der Waals surface area contributed by atoms with Crippen molar-refractivity contribution in [2.24, 2.45) is 0 Å². The standard InChI is InChI=1S/C18H12ClN3O3S/c19-15-5-3-14(4-6-15)17(23)24-11-1-2-12-26-18-22-21-16(25-18)13-7-9-20-10-8-13/h3-10H,11-12H2. The lowest BCUT2D eigenvalue weighted by Gasteiger charge is -2.00. The van der Waals surface area contributed by atoms with E-state index in [4.69, 9.17) is 20.8 Å². The summed E-state index contributed by atoms with van der Waals surface area (Å²) in [5.41, 5.74) is 1.24. The Labute approximate surface area is 158 Å². The minimum atomic E-state index is -0.442. The van der Waals surface area contributed by atoms with Crippen LogP contribution in [0.2, 0.25) is 5.02 Å². The number of nitrogens with zero attached hydrogens (tertiary/aromatic N) is 3. The van der Waals surface area contributed by atoms with E-state index in [2.05, 4.69) is 27.0 Å². The molecule has 0 fully saturated rings. The van der Waals surface area contributed by atoms with Gasteiger partial charge in [-0.15, -0.1) is 10.2 Å². The van der Waals surface area contributed by atoms with Crippen LogP contribution in [0.5, 0.6) is 0 Å². The Hall–Kier alpha value is -2.82. The highest BCUT2D eigenvalue weighted by molar-refractivity contribution is 7.99. The van der Waals surface area contributed by atoms with Crippen molar-refractivity contribution in [2.45, 2.75) is 5.22 Å². The summed E-state index contributed by atoms with van der Waals surface area (Å²) in [6.45, 7) is 0.00805. The molecule has 0 aliphatic heterocycles. The maximum atomic E-state index is 11.8. The first-order chi connectivity index (χ1) is 12.7. The molecule has 0 bridgehead atoms. The predicted octanol–water partition coefficient (Wildman–Crippen LogP) is 3.74. The predicted molar refractivity (Wildman–Crippen MR) is 97.8 cm³/mol. The highest BCUT2D eigenvalue weighted by atomic mass is 35.5. The second-order valence-electron chi connectivity index (χ2n) is 4.83. The Morgan fingerprint density at radius 2 is 1.88 bits per heavy atom. The van der Waals surface area contributed by atoms with Crippen LogP contribution in [-0.2, 0) is 4.74 Å². The molecule has 0 amide bonds. The Morgan fingerprint density at radius 3 is 2.65 bits per heavy atom. The quantitative estimate of drug-likeness (QED) is 0.376. The number of thioether (sulfide) groups is 1. The summed E-state index contributed by atoms with van der Waals surface area (Å²) in [7, 11) is 0. The molecule has 8 heteroatoms. The van der Waals surface area contributed by atoms with E-state index in [9.17, 15) is 4.79 Å². The molecule has 3 aromatic rings. The Morgan fingerprint density at radius 1 is 1.12 bits per heavy atom. The number of esters is 1. The Balaban J connectivity index is 1.42. The van der Waals surface area contributed by atoms with Gasteiger partial charge in [0.05, 0.1) is 11.3 Å². The van der Waals surface area contributed by atoms with Gasteiger partial charge in [-0.05, 0) is 36.4 Å². The van der Waals surface area contributed by atoms with Gasteiger partial charge in [0, 0.05) is 23.0 Å². The molecule has 0 unspecified atom stereocenters. The van der Waals surface area contributed by atoms with Gasteiger partial charge in [0.1, 0.15) is 0 Å². The summed E-state index contributed by atoms with van der Waals surface area (Å²) >= 11 is 7.08. The molecule has 0 saturated heterocycles. The number of halogens is 1. The molecule has 0 aliphatic carbocycles. The number of hydrogen-bond acceptors (Lipinski definition) is 7. The maximum Gasteiger partial charge on any atom is 0.339 e. The number of rotatable bonds is 5. The van der Waals surface area contributed by atoms with Crippen LogP contribution in [-0.4, -0.2) is 33.5 Å². The van der Waals surface area contributed by atoms with Gasteiger partial charge in [-0.2, -0.15) is 0 Å². The average Bonchev–Trinajstić information content (AvgIpc) is 3.14. The van der Waals surface area contributed by atoms with Crippen molar-refractivity contribution in [2.75, 3.05) is 12.4 Å². The molecule has 6 nitrogen and oxygen atoms in total. The molecule has 130 valence electrons. The number of hydrogen-bond donors (Lipinski definition) is 0. The van der Waals surface area contributed by atoms with Crippen LogP contribution < -0.4 is 0 Å². The van der Waals surface area contributed by atoms with E-state index in [1.54, 1.807) is 48.8 Å². The topological polar surface area (TPSA) is 78.1 Å². The fraction of sp³-hybridized carbons (Fsp3) is 0.111. The van der Waals surface area contributed by atoms with Gasteiger partial charge in [0.2, 0.25) is 5.89 Å². The minimum absolute atomic E-state index is 0.00805. The second-order valence-corrected chi connectivity index (χ2v) is 6.20. The summed E-state index contributed by atoms with van der Waals surface area (Å²) in [6.07, 6.45) is 3.31. The van der Waals surface area contributed by atoms with Gasteiger partial charge in [-0.25, -0.2) is 4.79 Å². The zero-order chi connectivity index (χ0) is 18.2. The van der Waals surface area contributed by atoms with E-state index < -0.39 is 5.97 Å². The van der Waals surface area contributed by atoms with Crippen molar-refractivity contribution < 1.29 is 13.9 Å². The molecular weight excluding hydrogens is 374 g/mol. The van der Waals surface area contributed by atoms with Crippen molar-refractivity contribution in [1.29, 1.82) is 0 Å². The van der Waals surface area contributed by atoms with Gasteiger partial charge in [-0.3, -0.25) is 4.98 Å². The maximum absolute atomic E-state index is 11.8. The number of benzene rings is 1. The molecule has 1 aromatic carbocycles. The van der Waals surface area contributed by atoms with Crippen molar-refractivity contribution >= 4 is 29.3 Å². The lowest BCUT2D eigenvalue weighted by atomic mass is 10.2. The van der Waals surface area contributed by atoms with Crippen LogP contribution >= 0.6 is 23.4 Å². The van der Waals surface area contributed by atoms with Crippen molar-refractivity contribution in [3.63, 3.8) is 0 Å². The largest absolute Gasteiger partial charge is 0.449 e. The molecule has 3 rings (SSSR count). The Bertz CT molecular complexity index is 934. The monoisotopic (exact) mass is 385 g/mol. The fourth-order valence-corrected chi connectivity index (χ4v) is 2.51. The number of ether oxygens (including phenoxy) is 1. The summed E-state index contributed by atoms with van der Waals surface area (Å²) < 4.78 is 10.6. The third-order valence-corrected chi connectivity index (χ3v) is 4.03. The van der Waals surface area contributed by atoms with E-state index in [0.717, 1.165) is 5.56 Å². The van der Waals surface area contributed by atoms with Crippen LogP contribution in [0, 0.1) is 11.8 Å². The number of pyridine rings is 1. The Kier molecular flexibility index (Phi) is 6.25. The van der Waals surface area contributed by atoms with Crippen molar-refractivity contribution in [3.05, 3.63) is 59.4 Å². The van der Waals surface area contributed by atoms with Crippen LogP contribution in [0.4, 0.5) is 0 Å². The first-order valence-corrected chi connectivity index (χ1v) is 8.84. The summed E-state index contributed by atoms with van der Waals surface area (Å²) in [4.78, 5) is 15.7. The van der Waals surface area contributed by atoms with Gasteiger partial charge in [0.15, 0.2) is 6.61 Å². The lowest BCUT2D eigenvalue weighted by molar-refractivity contribution is 0.0556. The number of carbonyl (C=O) groups excluding carboxylic acids is 1. The molecule has 0 atom stereocenters. The lowest BCUT2D eigenvalue weighted by Crippen LogP contribution is -2.04.